The van der Waals surface area contributed by atoms with E-state index in [1.54, 1.807) is 6.07 Å². The maximum absolute atomic E-state index is 13.2. The molecule has 162 valence electrons. The molecule has 2 rings (SSSR count). The Bertz CT molecular complexity index is 884. The fraction of sp³-hybridized carbons (Fsp3) is 0.524. The molecule has 0 amide bonds. The van der Waals surface area contributed by atoms with Gasteiger partial charge in [0.25, 0.3) is 0 Å². The van der Waals surface area contributed by atoms with E-state index in [-0.39, 0.29) is 5.75 Å². The van der Waals surface area contributed by atoms with Crippen molar-refractivity contribution in [2.75, 3.05) is 44.6 Å². The molecule has 8 heteroatoms. The number of hydrogen-bond acceptors (Lipinski definition) is 6. The summed E-state index contributed by atoms with van der Waals surface area (Å²) in [6.07, 6.45) is 0.450. The number of fused-ring (bicyclic) bond motifs is 1. The molecule has 0 radical (unpaired) electrons. The molecule has 0 saturated heterocycles. The van der Waals surface area contributed by atoms with E-state index in [4.69, 9.17) is 11.3 Å². The third kappa shape index (κ3) is 5.95. The minimum absolute atomic E-state index is 0.0402. The Kier molecular flexibility index (Phi) is 8.97. The second-order valence-corrected chi connectivity index (χ2v) is 14.7. The van der Waals surface area contributed by atoms with E-state index >= 15 is 0 Å². The Morgan fingerprint density at radius 2 is 1.41 bits per heavy atom. The molecule has 0 aliphatic heterocycles. The maximum atomic E-state index is 13.2. The molecule has 0 aliphatic rings. The number of nitrogens with zero attached hydrogens (tertiary/aromatic N) is 1. The molecule has 2 aromatic rings. The van der Waals surface area contributed by atoms with Crippen LogP contribution in [0.4, 0.5) is 5.69 Å². The molecule has 0 bridgehead atoms. The number of hydrogen-bond donors (Lipinski definition) is 0. The first-order valence-electron chi connectivity index (χ1n) is 10.1. The Morgan fingerprint density at radius 3 is 1.97 bits per heavy atom. The summed E-state index contributed by atoms with van der Waals surface area (Å²) in [5.41, 5.74) is 0.998. The summed E-state index contributed by atoms with van der Waals surface area (Å²) in [7, 11) is 0.459. The van der Waals surface area contributed by atoms with Gasteiger partial charge >= 0.3 is 179 Å². The SMILES string of the molecule is CC[O][Ge]([CH2]CCS(=O)(=O)c1cccc2c(N(C)C)cccc12)([O]CC)[O]CC. The van der Waals surface area contributed by atoms with Crippen molar-refractivity contribution in [3.05, 3.63) is 36.4 Å². The molecule has 0 aliphatic carbocycles. The Balaban J connectivity index is 2.27. The first kappa shape index (κ1) is 24.1. The molecule has 0 heterocycles. The summed E-state index contributed by atoms with van der Waals surface area (Å²) in [5, 5.41) is 2.22. The molecule has 2 aromatic carbocycles. The van der Waals surface area contributed by atoms with Crippen molar-refractivity contribution in [2.24, 2.45) is 0 Å². The first-order valence-corrected chi connectivity index (χ1v) is 15.8. The fourth-order valence-corrected chi connectivity index (χ4v) is 11.1. The molecule has 0 unspecified atom stereocenters. The molecule has 6 nitrogen and oxygen atoms in total. The minimum atomic E-state index is -3.45. The fourth-order valence-electron chi connectivity index (χ4n) is 3.52. The topological polar surface area (TPSA) is 65.1 Å². The third-order valence-corrected chi connectivity index (χ3v) is 13.1. The molecule has 0 aromatic heterocycles. The zero-order valence-electron chi connectivity index (χ0n) is 18.1. The standard InChI is InChI=1S/C21H33GeNO5S/c1-6-26-22(27-7-2,28-8-3)16-11-17-29(24,25)21-15-10-12-18-19(21)13-9-14-20(18)23(4)5/h9-10,12-15H,6-8,11,16-17H2,1-5H3. The van der Waals surface area contributed by atoms with Gasteiger partial charge in [0.05, 0.1) is 0 Å². The summed E-state index contributed by atoms with van der Waals surface area (Å²) >= 11 is -3.42. The zero-order chi connectivity index (χ0) is 21.5. The van der Waals surface area contributed by atoms with Crippen LogP contribution in [-0.2, 0) is 21.1 Å². The van der Waals surface area contributed by atoms with Crippen LogP contribution >= 0.6 is 0 Å². The van der Waals surface area contributed by atoms with E-state index in [2.05, 4.69) is 0 Å². The van der Waals surface area contributed by atoms with E-state index in [0.717, 1.165) is 16.5 Å². The average molecular weight is 484 g/mol. The molecule has 0 N–H and O–H groups in total. The van der Waals surface area contributed by atoms with Crippen LogP contribution in [0.15, 0.2) is 41.3 Å². The predicted molar refractivity (Wildman–Crippen MR) is 120 cm³/mol. The van der Waals surface area contributed by atoms with E-state index in [0.29, 0.717) is 36.4 Å². The van der Waals surface area contributed by atoms with Crippen molar-refractivity contribution >= 4 is 40.6 Å². The van der Waals surface area contributed by atoms with Gasteiger partial charge in [0.15, 0.2) is 0 Å². The molecule has 0 fully saturated rings. The first-order chi connectivity index (χ1) is 13.8. The van der Waals surface area contributed by atoms with Crippen LogP contribution in [0.2, 0.25) is 5.25 Å². The van der Waals surface area contributed by atoms with Crippen molar-refractivity contribution in [2.45, 2.75) is 37.3 Å². The predicted octanol–water partition coefficient (Wildman–Crippen LogP) is 4.12. The van der Waals surface area contributed by atoms with Crippen molar-refractivity contribution < 1.29 is 19.7 Å². The molecular weight excluding hydrogens is 451 g/mol. The average Bonchev–Trinajstić information content (AvgIpc) is 2.67. The van der Waals surface area contributed by atoms with Gasteiger partial charge in [-0.25, -0.2) is 0 Å². The van der Waals surface area contributed by atoms with Gasteiger partial charge in [-0.05, 0) is 0 Å². The third-order valence-electron chi connectivity index (χ3n) is 4.66. The van der Waals surface area contributed by atoms with Crippen LogP contribution in [0.5, 0.6) is 0 Å². The van der Waals surface area contributed by atoms with Gasteiger partial charge in [0.1, 0.15) is 0 Å². The van der Waals surface area contributed by atoms with E-state index in [9.17, 15) is 8.42 Å². The summed E-state index contributed by atoms with van der Waals surface area (Å²) in [5.74, 6) is 0.0402. The van der Waals surface area contributed by atoms with Crippen LogP contribution in [-0.4, -0.2) is 62.4 Å². The summed E-state index contributed by atoms with van der Waals surface area (Å²) < 4.78 is 44.0. The molecule has 0 atom stereocenters. The van der Waals surface area contributed by atoms with Crippen LogP contribution in [0.25, 0.3) is 10.8 Å². The van der Waals surface area contributed by atoms with Crippen molar-refractivity contribution in [3.63, 3.8) is 0 Å². The number of benzene rings is 2. The number of anilines is 1. The van der Waals surface area contributed by atoms with Gasteiger partial charge in [-0.2, -0.15) is 0 Å². The van der Waals surface area contributed by atoms with Gasteiger partial charge in [-0.1, -0.05) is 0 Å². The molecule has 0 spiro atoms. The summed E-state index contributed by atoms with van der Waals surface area (Å²) in [4.78, 5) is 2.37. The van der Waals surface area contributed by atoms with Crippen LogP contribution in [0.1, 0.15) is 27.2 Å². The zero-order valence-corrected chi connectivity index (χ0v) is 21.0. The van der Waals surface area contributed by atoms with Gasteiger partial charge in [0.2, 0.25) is 0 Å². The molecule has 0 saturated carbocycles. The Morgan fingerprint density at radius 1 is 0.862 bits per heavy atom. The molecule has 29 heavy (non-hydrogen) atoms. The Labute approximate surface area is 178 Å². The van der Waals surface area contributed by atoms with E-state index < -0.39 is 24.1 Å². The van der Waals surface area contributed by atoms with Gasteiger partial charge < -0.3 is 0 Å². The van der Waals surface area contributed by atoms with Crippen molar-refractivity contribution in [3.8, 4) is 0 Å². The normalized spacial score (nSPS) is 12.4. The second-order valence-electron chi connectivity index (χ2n) is 6.93. The molecular formula is C21H33GeNO5S. The van der Waals surface area contributed by atoms with Gasteiger partial charge in [0, 0.05) is 0 Å². The van der Waals surface area contributed by atoms with Crippen LogP contribution in [0.3, 0.4) is 0 Å². The Hall–Kier alpha value is -1.13. The quantitative estimate of drug-likeness (QED) is 0.423. The van der Waals surface area contributed by atoms with Crippen LogP contribution in [0, 0.1) is 0 Å². The van der Waals surface area contributed by atoms with Crippen molar-refractivity contribution in [1.29, 1.82) is 0 Å². The number of sulfone groups is 1. The van der Waals surface area contributed by atoms with Crippen molar-refractivity contribution in [1.82, 2.24) is 0 Å². The van der Waals surface area contributed by atoms with Gasteiger partial charge in [-0.3, -0.25) is 0 Å². The van der Waals surface area contributed by atoms with Gasteiger partial charge in [-0.15, -0.1) is 0 Å². The second kappa shape index (κ2) is 10.8. The number of rotatable bonds is 12. The summed E-state index contributed by atoms with van der Waals surface area (Å²) in [6, 6.07) is 11.2. The van der Waals surface area contributed by atoms with Crippen LogP contribution < -0.4 is 4.90 Å². The van der Waals surface area contributed by atoms with E-state index in [1.807, 2.05) is 70.1 Å². The summed E-state index contributed by atoms with van der Waals surface area (Å²) in [6.45, 7) is 7.24. The monoisotopic (exact) mass is 485 g/mol. The van der Waals surface area contributed by atoms with E-state index in [1.165, 1.54) is 0 Å².